The zero-order valence-electron chi connectivity index (χ0n) is 11.4. The molecule has 0 bridgehead atoms. The van der Waals surface area contributed by atoms with E-state index in [1.54, 1.807) is 6.07 Å². The molecule has 1 fully saturated rings. The van der Waals surface area contributed by atoms with Crippen molar-refractivity contribution in [2.45, 2.75) is 12.3 Å². The third-order valence-corrected chi connectivity index (χ3v) is 4.12. The summed E-state index contributed by atoms with van der Waals surface area (Å²) in [6.07, 6.45) is 0. The third kappa shape index (κ3) is 2.78. The Bertz CT molecular complexity index is 688. The summed E-state index contributed by atoms with van der Waals surface area (Å²) in [5, 5.41) is 2.25. The first-order valence-corrected chi connectivity index (χ1v) is 7.46. The second kappa shape index (κ2) is 5.61. The number of nitrogens with one attached hydrogen (secondary N) is 1. The van der Waals surface area contributed by atoms with Gasteiger partial charge in [0.05, 0.1) is 5.69 Å². The van der Waals surface area contributed by atoms with E-state index in [0.717, 1.165) is 23.0 Å². The van der Waals surface area contributed by atoms with Crippen LogP contribution in [0.15, 0.2) is 54.6 Å². The number of para-hydroxylation sites is 1. The lowest BCUT2D eigenvalue weighted by atomic mass is 10.2. The Hall–Kier alpha value is -2.27. The molecule has 3 rings (SSSR count). The molecular weight excluding hydrogens is 284 g/mol. The number of hydrogen-bond acceptors (Lipinski definition) is 4. The minimum atomic E-state index is -0.583. The van der Waals surface area contributed by atoms with Gasteiger partial charge in [-0.05, 0) is 48.5 Å². The van der Waals surface area contributed by atoms with Crippen LogP contribution in [0.3, 0.4) is 0 Å². The molecule has 1 heterocycles. The molecule has 0 spiro atoms. The Morgan fingerprint density at radius 3 is 2.52 bits per heavy atom. The molecule has 0 radical (unpaired) electrons. The van der Waals surface area contributed by atoms with Crippen LogP contribution in [0.25, 0.3) is 0 Å². The highest BCUT2D eigenvalue weighted by Crippen LogP contribution is 2.32. The van der Waals surface area contributed by atoms with Crippen LogP contribution in [0, 0.1) is 6.92 Å². The first-order chi connectivity index (χ1) is 10.1. The highest BCUT2D eigenvalue weighted by molar-refractivity contribution is 8.16. The number of thioether (sulfide) groups is 1. The second-order valence-corrected chi connectivity index (χ2v) is 5.84. The number of imide groups is 1. The van der Waals surface area contributed by atoms with Crippen LogP contribution in [0.5, 0.6) is 0 Å². The van der Waals surface area contributed by atoms with E-state index >= 15 is 0 Å². The summed E-state index contributed by atoms with van der Waals surface area (Å²) in [5.41, 5.74) is 2.45. The van der Waals surface area contributed by atoms with Gasteiger partial charge in [0.2, 0.25) is 0 Å². The maximum Gasteiger partial charge on any atom is 0.295 e. The number of hydrogen-bond donors (Lipinski definition) is 1. The Morgan fingerprint density at radius 1 is 1.05 bits per heavy atom. The number of carbonyl (C=O) groups is 2. The van der Waals surface area contributed by atoms with Gasteiger partial charge >= 0.3 is 0 Å². The van der Waals surface area contributed by atoms with Crippen LogP contribution in [-0.2, 0) is 4.79 Å². The molecule has 106 valence electrons. The average Bonchev–Trinajstić information content (AvgIpc) is 2.74. The average molecular weight is 298 g/mol. The van der Waals surface area contributed by atoms with Crippen molar-refractivity contribution < 1.29 is 9.59 Å². The van der Waals surface area contributed by atoms with Gasteiger partial charge < -0.3 is 5.32 Å². The van der Waals surface area contributed by atoms with Gasteiger partial charge in [0.15, 0.2) is 5.37 Å². The normalized spacial score (nSPS) is 18.1. The SMILES string of the molecule is Cc1cccc(N2C(=O)S[C@H](Nc3ccccc3)C2=O)c1. The van der Waals surface area contributed by atoms with E-state index in [4.69, 9.17) is 0 Å². The fraction of sp³-hybridized carbons (Fsp3) is 0.125. The van der Waals surface area contributed by atoms with Crippen LogP contribution in [0.4, 0.5) is 16.2 Å². The molecule has 0 aliphatic carbocycles. The zero-order valence-corrected chi connectivity index (χ0v) is 12.3. The molecule has 4 nitrogen and oxygen atoms in total. The lowest BCUT2D eigenvalue weighted by Crippen LogP contribution is -2.34. The Labute approximate surface area is 127 Å². The van der Waals surface area contributed by atoms with Crippen LogP contribution >= 0.6 is 11.8 Å². The lowest BCUT2D eigenvalue weighted by molar-refractivity contribution is -0.116. The van der Waals surface area contributed by atoms with Gasteiger partial charge in [0.25, 0.3) is 11.1 Å². The smallest absolute Gasteiger partial charge is 0.295 e. The summed E-state index contributed by atoms with van der Waals surface area (Å²) in [6, 6.07) is 16.8. The molecule has 1 N–H and O–H groups in total. The summed E-state index contributed by atoms with van der Waals surface area (Å²) in [6.45, 7) is 1.93. The number of rotatable bonds is 3. The van der Waals surface area contributed by atoms with Gasteiger partial charge in [-0.25, -0.2) is 4.90 Å². The fourth-order valence-electron chi connectivity index (χ4n) is 2.19. The van der Waals surface area contributed by atoms with Crippen LogP contribution < -0.4 is 10.2 Å². The number of benzene rings is 2. The second-order valence-electron chi connectivity index (χ2n) is 4.79. The fourth-order valence-corrected chi connectivity index (χ4v) is 3.09. The maximum absolute atomic E-state index is 12.5. The van der Waals surface area contributed by atoms with Crippen molar-refractivity contribution in [2.75, 3.05) is 10.2 Å². The van der Waals surface area contributed by atoms with Crippen molar-refractivity contribution >= 4 is 34.3 Å². The molecule has 0 saturated carbocycles. The van der Waals surface area contributed by atoms with Crippen molar-refractivity contribution in [1.82, 2.24) is 0 Å². The van der Waals surface area contributed by atoms with E-state index in [0.29, 0.717) is 5.69 Å². The molecule has 5 heteroatoms. The van der Waals surface area contributed by atoms with Gasteiger partial charge in [-0.1, -0.05) is 30.3 Å². The number of amides is 2. The Balaban J connectivity index is 1.82. The number of nitrogens with zero attached hydrogens (tertiary/aromatic N) is 1. The van der Waals surface area contributed by atoms with Crippen molar-refractivity contribution in [2.24, 2.45) is 0 Å². The third-order valence-electron chi connectivity index (χ3n) is 3.18. The van der Waals surface area contributed by atoms with Crippen LogP contribution in [0.1, 0.15) is 5.56 Å². The zero-order chi connectivity index (χ0) is 14.8. The van der Waals surface area contributed by atoms with Crippen molar-refractivity contribution in [3.8, 4) is 0 Å². The molecule has 2 aromatic rings. The standard InChI is InChI=1S/C16H14N2O2S/c1-11-6-5-9-13(10-11)18-15(19)14(21-16(18)20)17-12-7-3-2-4-8-12/h2-10,14,17H,1H3/t14-/m0/s1. The quantitative estimate of drug-likeness (QED) is 0.940. The van der Waals surface area contributed by atoms with E-state index in [9.17, 15) is 9.59 Å². The molecule has 2 amide bonds. The van der Waals surface area contributed by atoms with Gasteiger partial charge in [0, 0.05) is 5.69 Å². The topological polar surface area (TPSA) is 49.4 Å². The summed E-state index contributed by atoms with van der Waals surface area (Å²) in [4.78, 5) is 25.8. The van der Waals surface area contributed by atoms with E-state index < -0.39 is 5.37 Å². The molecule has 0 aromatic heterocycles. The molecule has 1 aliphatic rings. The summed E-state index contributed by atoms with van der Waals surface area (Å²) < 4.78 is 0. The van der Waals surface area contributed by atoms with E-state index in [1.165, 1.54) is 4.90 Å². The monoisotopic (exact) mass is 298 g/mol. The molecular formula is C16H14N2O2S. The molecule has 21 heavy (non-hydrogen) atoms. The number of anilines is 2. The van der Waals surface area contributed by atoms with Gasteiger partial charge in [-0.2, -0.15) is 0 Å². The predicted molar refractivity (Wildman–Crippen MR) is 85.5 cm³/mol. The van der Waals surface area contributed by atoms with Gasteiger partial charge in [-0.15, -0.1) is 0 Å². The van der Waals surface area contributed by atoms with Crippen molar-refractivity contribution in [3.63, 3.8) is 0 Å². The first kappa shape index (κ1) is 13.7. The van der Waals surface area contributed by atoms with Gasteiger partial charge in [-0.3, -0.25) is 9.59 Å². The molecule has 1 saturated heterocycles. The van der Waals surface area contributed by atoms with E-state index in [-0.39, 0.29) is 11.1 Å². The minimum absolute atomic E-state index is 0.237. The number of aryl methyl sites for hydroxylation is 1. The molecule has 1 aliphatic heterocycles. The number of carbonyl (C=O) groups excluding carboxylic acids is 2. The summed E-state index contributed by atoms with van der Waals surface area (Å²) in [7, 11) is 0. The van der Waals surface area contributed by atoms with E-state index in [1.807, 2.05) is 55.5 Å². The summed E-state index contributed by atoms with van der Waals surface area (Å²) >= 11 is 1.00. The first-order valence-electron chi connectivity index (χ1n) is 6.58. The predicted octanol–water partition coefficient (Wildman–Crippen LogP) is 3.63. The molecule has 0 unspecified atom stereocenters. The highest BCUT2D eigenvalue weighted by atomic mass is 32.2. The lowest BCUT2D eigenvalue weighted by Gasteiger charge is -2.15. The van der Waals surface area contributed by atoms with Crippen LogP contribution in [0.2, 0.25) is 0 Å². The molecule has 2 aromatic carbocycles. The maximum atomic E-state index is 12.5. The van der Waals surface area contributed by atoms with Crippen molar-refractivity contribution in [1.29, 1.82) is 0 Å². The minimum Gasteiger partial charge on any atom is -0.365 e. The largest absolute Gasteiger partial charge is 0.365 e. The van der Waals surface area contributed by atoms with Gasteiger partial charge in [0.1, 0.15) is 0 Å². The Morgan fingerprint density at radius 2 is 1.81 bits per heavy atom. The Kier molecular flexibility index (Phi) is 3.66. The van der Waals surface area contributed by atoms with Crippen molar-refractivity contribution in [3.05, 3.63) is 60.2 Å². The van der Waals surface area contributed by atoms with E-state index in [2.05, 4.69) is 5.32 Å². The molecule has 1 atom stereocenters. The van der Waals surface area contributed by atoms with Crippen LogP contribution in [-0.4, -0.2) is 16.5 Å². The summed E-state index contributed by atoms with van der Waals surface area (Å²) in [5.74, 6) is -0.237. The highest BCUT2D eigenvalue weighted by Gasteiger charge is 2.40.